The summed E-state index contributed by atoms with van der Waals surface area (Å²) in [6.07, 6.45) is -1.47. The van der Waals surface area contributed by atoms with E-state index in [1.54, 1.807) is 48.5 Å². The second-order valence-corrected chi connectivity index (χ2v) is 12.6. The molecule has 4 aromatic carbocycles. The number of halogens is 4. The van der Waals surface area contributed by atoms with Crippen molar-refractivity contribution >= 4 is 75.7 Å². The Kier molecular flexibility index (Phi) is 7.10. The van der Waals surface area contributed by atoms with Crippen LogP contribution in [0.2, 0.25) is 0 Å². The first-order valence-corrected chi connectivity index (χ1v) is 15.0. The summed E-state index contributed by atoms with van der Waals surface area (Å²) in [7, 11) is 0. The van der Waals surface area contributed by atoms with Crippen molar-refractivity contribution in [1.29, 1.82) is 0 Å². The lowest BCUT2D eigenvalue weighted by Gasteiger charge is -2.49. The first kappa shape index (κ1) is 26.0. The summed E-state index contributed by atoms with van der Waals surface area (Å²) in [5, 5.41) is 0. The molecule has 0 radical (unpaired) electrons. The van der Waals surface area contributed by atoms with Crippen LogP contribution in [-0.2, 0) is 9.47 Å². The number of rotatable bonds is 4. The molecule has 7 rings (SSSR count). The summed E-state index contributed by atoms with van der Waals surface area (Å²) in [5.41, 5.74) is 5.01. The Morgan fingerprint density at radius 3 is 1.08 bits per heavy atom. The predicted octanol–water partition coefficient (Wildman–Crippen LogP) is 8.78. The van der Waals surface area contributed by atoms with Crippen LogP contribution in [-0.4, -0.2) is 24.1 Å². The highest BCUT2D eigenvalue weighted by atomic mass is 79.9. The fourth-order valence-electron chi connectivity index (χ4n) is 5.46. The number of carbonyl (C=O) groups is 2. The van der Waals surface area contributed by atoms with Gasteiger partial charge in [-0.05, 0) is 135 Å². The fourth-order valence-corrected chi connectivity index (χ4v) is 6.90. The van der Waals surface area contributed by atoms with Gasteiger partial charge in [0.1, 0.15) is 0 Å². The molecule has 0 heterocycles. The number of hydrogen-bond acceptors (Lipinski definition) is 4. The Bertz CT molecular complexity index is 1400. The van der Waals surface area contributed by atoms with Crippen molar-refractivity contribution in [3.63, 3.8) is 0 Å². The molecule has 4 nitrogen and oxygen atoms in total. The number of hydrogen-bond donors (Lipinski definition) is 0. The summed E-state index contributed by atoms with van der Waals surface area (Å²) >= 11 is 14.6. The zero-order valence-corrected chi connectivity index (χ0v) is 25.9. The fraction of sp³-hybridized carbons (Fsp3) is 0.133. The maximum atomic E-state index is 13.4. The molecule has 2 bridgehead atoms. The zero-order chi connectivity index (χ0) is 26.6. The molecule has 190 valence electrons. The topological polar surface area (TPSA) is 52.6 Å². The van der Waals surface area contributed by atoms with E-state index >= 15 is 0 Å². The first-order chi connectivity index (χ1) is 18.3. The summed E-state index contributed by atoms with van der Waals surface area (Å²) < 4.78 is 16.1. The summed E-state index contributed by atoms with van der Waals surface area (Å²) in [5.74, 6) is -1.61. The van der Waals surface area contributed by atoms with Gasteiger partial charge in [-0.15, -0.1) is 0 Å². The molecule has 3 aliphatic rings. The lowest BCUT2D eigenvalue weighted by atomic mass is 9.61. The van der Waals surface area contributed by atoms with Crippen LogP contribution in [0.4, 0.5) is 0 Å². The van der Waals surface area contributed by atoms with E-state index in [0.29, 0.717) is 11.1 Å². The lowest BCUT2D eigenvalue weighted by molar-refractivity contribution is -0.0558. The molecule has 0 N–H and O–H groups in total. The molecule has 0 aromatic heterocycles. The van der Waals surface area contributed by atoms with Gasteiger partial charge in [0.2, 0.25) is 0 Å². The van der Waals surface area contributed by atoms with Crippen LogP contribution in [0.1, 0.15) is 54.8 Å². The number of benzene rings is 4. The highest BCUT2D eigenvalue weighted by Gasteiger charge is 2.54. The molecule has 2 atom stereocenters. The van der Waals surface area contributed by atoms with E-state index in [9.17, 15) is 9.59 Å². The maximum absolute atomic E-state index is 13.4. The lowest BCUT2D eigenvalue weighted by Crippen LogP contribution is -2.51. The third-order valence-corrected chi connectivity index (χ3v) is 10.8. The maximum Gasteiger partial charge on any atom is 0.338 e. The third kappa shape index (κ3) is 4.49. The second kappa shape index (κ2) is 10.4. The summed E-state index contributed by atoms with van der Waals surface area (Å²) in [6.45, 7) is 0. The van der Waals surface area contributed by atoms with E-state index < -0.39 is 24.1 Å². The van der Waals surface area contributed by atoms with E-state index in [4.69, 9.17) is 9.47 Å². The van der Waals surface area contributed by atoms with E-state index in [-0.39, 0.29) is 11.8 Å². The standard InChI is InChI=1S/C30H18Br4O4/c31-21-11-17-19(13-23(21)33)26-20-14-24(34)22(32)12-18(20)25(17)27(37-29(35)15-7-3-1-4-8-15)28(26)38-30(36)16-9-5-2-6-10-16/h1-14,25-28H. The van der Waals surface area contributed by atoms with Crippen LogP contribution >= 0.6 is 63.7 Å². The van der Waals surface area contributed by atoms with Gasteiger partial charge in [-0.25, -0.2) is 9.59 Å². The zero-order valence-electron chi connectivity index (χ0n) is 19.5. The van der Waals surface area contributed by atoms with Crippen molar-refractivity contribution in [2.24, 2.45) is 0 Å². The highest BCUT2D eigenvalue weighted by Crippen LogP contribution is 2.57. The Morgan fingerprint density at radius 2 is 0.789 bits per heavy atom. The van der Waals surface area contributed by atoms with E-state index in [2.05, 4.69) is 88.0 Å². The van der Waals surface area contributed by atoms with Crippen molar-refractivity contribution in [1.82, 2.24) is 0 Å². The van der Waals surface area contributed by atoms with Crippen LogP contribution < -0.4 is 0 Å². The number of carbonyl (C=O) groups excluding carboxylic acids is 2. The monoisotopic (exact) mass is 758 g/mol. The largest absolute Gasteiger partial charge is 0.454 e. The smallest absolute Gasteiger partial charge is 0.338 e. The number of esters is 2. The van der Waals surface area contributed by atoms with Crippen LogP contribution in [0.15, 0.2) is 103 Å². The van der Waals surface area contributed by atoms with Crippen LogP contribution in [0, 0.1) is 0 Å². The van der Waals surface area contributed by atoms with Crippen molar-refractivity contribution in [3.05, 3.63) is 136 Å². The van der Waals surface area contributed by atoms with Gasteiger partial charge in [0, 0.05) is 17.9 Å². The Labute approximate surface area is 253 Å². The van der Waals surface area contributed by atoms with Crippen molar-refractivity contribution < 1.29 is 19.1 Å². The van der Waals surface area contributed by atoms with Gasteiger partial charge in [-0.2, -0.15) is 0 Å². The van der Waals surface area contributed by atoms with Gasteiger partial charge in [-0.1, -0.05) is 36.4 Å². The Morgan fingerprint density at radius 1 is 0.500 bits per heavy atom. The highest BCUT2D eigenvalue weighted by molar-refractivity contribution is 9.13. The minimum Gasteiger partial charge on any atom is -0.454 e. The average molecular weight is 762 g/mol. The van der Waals surface area contributed by atoms with Crippen molar-refractivity contribution in [2.75, 3.05) is 0 Å². The van der Waals surface area contributed by atoms with Crippen molar-refractivity contribution in [3.8, 4) is 0 Å². The van der Waals surface area contributed by atoms with Gasteiger partial charge < -0.3 is 9.47 Å². The van der Waals surface area contributed by atoms with Crippen LogP contribution in [0.25, 0.3) is 0 Å². The molecule has 0 amide bonds. The third-order valence-electron chi connectivity index (χ3n) is 7.08. The minimum absolute atomic E-state index is 0.347. The molecule has 4 aromatic rings. The number of ether oxygens (including phenoxy) is 2. The molecular weight excluding hydrogens is 744 g/mol. The van der Waals surface area contributed by atoms with E-state index in [1.165, 1.54) is 0 Å². The Balaban J connectivity index is 1.52. The van der Waals surface area contributed by atoms with E-state index in [0.717, 1.165) is 40.1 Å². The van der Waals surface area contributed by atoms with Crippen LogP contribution in [0.3, 0.4) is 0 Å². The molecule has 2 unspecified atom stereocenters. The molecular formula is C30H18Br4O4. The molecule has 3 aliphatic carbocycles. The van der Waals surface area contributed by atoms with Gasteiger partial charge in [0.05, 0.1) is 23.0 Å². The molecule has 0 saturated carbocycles. The average Bonchev–Trinajstić information content (AvgIpc) is 2.92. The minimum atomic E-state index is -0.735. The van der Waals surface area contributed by atoms with Gasteiger partial charge in [-0.3, -0.25) is 0 Å². The van der Waals surface area contributed by atoms with Gasteiger partial charge >= 0.3 is 11.9 Å². The first-order valence-electron chi connectivity index (χ1n) is 11.8. The molecule has 38 heavy (non-hydrogen) atoms. The summed E-state index contributed by atoms with van der Waals surface area (Å²) in [4.78, 5) is 26.7. The van der Waals surface area contributed by atoms with Gasteiger partial charge in [0.15, 0.2) is 12.2 Å². The Hall–Kier alpha value is -2.26. The van der Waals surface area contributed by atoms with Crippen molar-refractivity contribution in [2.45, 2.75) is 24.0 Å². The van der Waals surface area contributed by atoms with Gasteiger partial charge in [0.25, 0.3) is 0 Å². The summed E-state index contributed by atoms with van der Waals surface area (Å²) in [6, 6.07) is 26.0. The molecule has 0 spiro atoms. The second-order valence-electron chi connectivity index (χ2n) is 9.22. The molecule has 8 heteroatoms. The molecule has 0 saturated heterocycles. The quantitative estimate of drug-likeness (QED) is 0.195. The predicted molar refractivity (Wildman–Crippen MR) is 159 cm³/mol. The molecule has 0 fully saturated rings. The van der Waals surface area contributed by atoms with E-state index in [1.807, 2.05) is 12.1 Å². The normalized spacial score (nSPS) is 20.8. The molecule has 0 aliphatic heterocycles. The van der Waals surface area contributed by atoms with Crippen LogP contribution in [0.5, 0.6) is 0 Å². The SMILES string of the molecule is O=C(OC1C2c3cc(Br)c(Br)cc3C(c3cc(Br)c(Br)cc32)C1OC(=O)c1ccccc1)c1ccccc1. The number of fused-ring (bicyclic) bond motifs is 1.